The number of carbonyl (C=O) groups is 1. The van der Waals surface area contributed by atoms with Crippen LogP contribution in [0.4, 0.5) is 5.69 Å². The largest absolute Gasteiger partial charge is 0.457 e. The Morgan fingerprint density at radius 2 is 1.70 bits per heavy atom. The van der Waals surface area contributed by atoms with Crippen LogP contribution in [0, 0.1) is 44.6 Å². The number of benzene rings is 1. The lowest BCUT2D eigenvalue weighted by molar-refractivity contribution is -0.384. The van der Waals surface area contributed by atoms with Gasteiger partial charge in [0.2, 0.25) is 0 Å². The molecule has 0 amide bonds. The number of piperazine rings is 1. The predicted molar refractivity (Wildman–Crippen MR) is 157 cm³/mol. The highest BCUT2D eigenvalue weighted by atomic mass is 16.6. The summed E-state index contributed by atoms with van der Waals surface area (Å²) in [7, 11) is 2.24. The zero-order valence-electron chi connectivity index (χ0n) is 24.8. The predicted octanol–water partition coefficient (Wildman–Crippen LogP) is 6.18. The number of nitro groups is 1. The normalized spacial score (nSPS) is 41.1. The van der Waals surface area contributed by atoms with Gasteiger partial charge >= 0.3 is 5.97 Å². The van der Waals surface area contributed by atoms with Crippen LogP contribution in [0.3, 0.4) is 0 Å². The molecule has 1 saturated heterocycles. The Morgan fingerprint density at radius 3 is 2.38 bits per heavy atom. The third-order valence-corrected chi connectivity index (χ3v) is 12.3. The van der Waals surface area contributed by atoms with E-state index >= 15 is 0 Å². The second kappa shape index (κ2) is 10.5. The molecule has 5 fully saturated rings. The minimum Gasteiger partial charge on any atom is -0.457 e. The SMILES string of the molecule is CC(=O)O[C@H]1/C(=C/c2ccc([N+](=O)[O-])cc2)CC2C3CCC4C[C@@H](N5CCN(C)CC5)CC[C@]4(C)C3CC[C@@]21C. The van der Waals surface area contributed by atoms with E-state index in [1.807, 2.05) is 12.1 Å². The summed E-state index contributed by atoms with van der Waals surface area (Å²) in [5, 5.41) is 11.1. The maximum Gasteiger partial charge on any atom is 0.303 e. The number of likely N-dealkylation sites (N-methyl/N-ethyl adjacent to an activating group) is 1. The van der Waals surface area contributed by atoms with Crippen molar-refractivity contribution in [3.05, 3.63) is 45.5 Å². The first kappa shape index (κ1) is 27.9. The standard InChI is InChI=1S/C33H47N3O4/c1-22(37)40-31-24(19-23-5-8-26(9-6-23)36(38)39)20-30-28-10-7-25-21-27(35-17-15-34(4)16-18-35)11-13-32(25,2)29(28)12-14-33(30,31)3/h5-6,8-9,19,25,27-31H,7,10-18,20-21H2,1-4H3/b24-19+/t25?,27-,28?,29?,30?,31-,32-,33-/m0/s1. The summed E-state index contributed by atoms with van der Waals surface area (Å²) in [6.45, 7) is 11.4. The first-order valence-electron chi connectivity index (χ1n) is 15.6. The number of rotatable bonds is 4. The summed E-state index contributed by atoms with van der Waals surface area (Å²) in [4.78, 5) is 28.3. The summed E-state index contributed by atoms with van der Waals surface area (Å²) < 4.78 is 6.11. The van der Waals surface area contributed by atoms with Crippen molar-refractivity contribution < 1.29 is 14.5 Å². The van der Waals surface area contributed by atoms with E-state index in [4.69, 9.17) is 4.74 Å². The average Bonchev–Trinajstić information content (AvgIpc) is 3.19. The Hall–Kier alpha value is -2.25. The van der Waals surface area contributed by atoms with Gasteiger partial charge in [0.25, 0.3) is 5.69 Å². The first-order chi connectivity index (χ1) is 19.1. The molecule has 4 aliphatic carbocycles. The highest BCUT2D eigenvalue weighted by Gasteiger charge is 2.62. The van der Waals surface area contributed by atoms with Gasteiger partial charge in [-0.25, -0.2) is 0 Å². The van der Waals surface area contributed by atoms with Gasteiger partial charge in [0.1, 0.15) is 6.10 Å². The first-order valence-corrected chi connectivity index (χ1v) is 15.6. The fourth-order valence-electron chi connectivity index (χ4n) is 10.0. The lowest BCUT2D eigenvalue weighted by atomic mass is 9.45. The molecule has 40 heavy (non-hydrogen) atoms. The third kappa shape index (κ3) is 4.81. The third-order valence-electron chi connectivity index (χ3n) is 12.3. The number of esters is 1. The Kier molecular flexibility index (Phi) is 7.35. The molecular weight excluding hydrogens is 502 g/mol. The molecule has 0 aromatic heterocycles. The molecule has 4 saturated carbocycles. The Labute approximate surface area is 239 Å². The van der Waals surface area contributed by atoms with Gasteiger partial charge in [0.15, 0.2) is 0 Å². The highest BCUT2D eigenvalue weighted by Crippen LogP contribution is 2.67. The van der Waals surface area contributed by atoms with Gasteiger partial charge in [-0.05, 0) is 111 Å². The van der Waals surface area contributed by atoms with E-state index in [9.17, 15) is 14.9 Å². The number of hydrogen-bond donors (Lipinski definition) is 0. The molecule has 5 aliphatic rings. The van der Waals surface area contributed by atoms with Gasteiger partial charge in [0.05, 0.1) is 4.92 Å². The molecule has 1 aliphatic heterocycles. The minimum absolute atomic E-state index is 0.0559. The molecule has 0 N–H and O–H groups in total. The van der Waals surface area contributed by atoms with E-state index in [1.165, 1.54) is 77.2 Å². The Balaban J connectivity index is 1.23. The maximum absolute atomic E-state index is 12.3. The van der Waals surface area contributed by atoms with Crippen LogP contribution in [0.25, 0.3) is 6.08 Å². The molecule has 0 spiro atoms. The van der Waals surface area contributed by atoms with Crippen LogP contribution < -0.4 is 0 Å². The second-order valence-electron chi connectivity index (χ2n) is 14.2. The van der Waals surface area contributed by atoms with Gasteiger partial charge in [-0.3, -0.25) is 19.8 Å². The number of nitro benzene ring substituents is 1. The number of ether oxygens (including phenoxy) is 1. The van der Waals surface area contributed by atoms with Crippen molar-refractivity contribution in [1.82, 2.24) is 9.80 Å². The van der Waals surface area contributed by atoms with Crippen LogP contribution in [-0.2, 0) is 9.53 Å². The summed E-state index contributed by atoms with van der Waals surface area (Å²) in [6, 6.07) is 7.51. The van der Waals surface area contributed by atoms with Crippen molar-refractivity contribution in [1.29, 1.82) is 0 Å². The Bertz CT molecular complexity index is 1160. The lowest BCUT2D eigenvalue weighted by Gasteiger charge is -2.61. The Morgan fingerprint density at radius 1 is 1.00 bits per heavy atom. The van der Waals surface area contributed by atoms with Crippen LogP contribution in [0.2, 0.25) is 0 Å². The molecule has 8 atom stereocenters. The second-order valence-corrected chi connectivity index (χ2v) is 14.2. The van der Waals surface area contributed by atoms with Gasteiger partial charge in [-0.15, -0.1) is 0 Å². The van der Waals surface area contributed by atoms with Crippen molar-refractivity contribution in [2.45, 2.75) is 84.3 Å². The molecular formula is C33H47N3O4. The van der Waals surface area contributed by atoms with Crippen LogP contribution >= 0.6 is 0 Å². The number of hydrogen-bond acceptors (Lipinski definition) is 6. The summed E-state index contributed by atoms with van der Waals surface area (Å²) in [6.07, 6.45) is 11.9. The molecule has 6 rings (SSSR count). The highest BCUT2D eigenvalue weighted by molar-refractivity contribution is 5.67. The molecule has 7 heteroatoms. The summed E-state index contributed by atoms with van der Waals surface area (Å²) >= 11 is 0. The molecule has 7 nitrogen and oxygen atoms in total. The summed E-state index contributed by atoms with van der Waals surface area (Å²) in [5.74, 6) is 2.52. The van der Waals surface area contributed by atoms with Crippen molar-refractivity contribution >= 4 is 17.7 Å². The number of non-ortho nitro benzene ring substituents is 1. The van der Waals surface area contributed by atoms with Crippen molar-refractivity contribution in [3.8, 4) is 0 Å². The zero-order chi connectivity index (χ0) is 28.2. The van der Waals surface area contributed by atoms with Gasteiger partial charge in [-0.2, -0.15) is 0 Å². The number of nitrogens with zero attached hydrogens (tertiary/aromatic N) is 3. The lowest BCUT2D eigenvalue weighted by Crippen LogP contribution is -2.57. The molecule has 0 radical (unpaired) electrons. The average molecular weight is 550 g/mol. The van der Waals surface area contributed by atoms with E-state index in [0.29, 0.717) is 17.3 Å². The fraction of sp³-hybridized carbons (Fsp3) is 0.727. The number of carbonyl (C=O) groups excluding carboxylic acids is 1. The van der Waals surface area contributed by atoms with E-state index in [-0.39, 0.29) is 28.1 Å². The van der Waals surface area contributed by atoms with Crippen LogP contribution in [0.1, 0.15) is 77.7 Å². The molecule has 0 bridgehead atoms. The van der Waals surface area contributed by atoms with E-state index in [0.717, 1.165) is 36.3 Å². The van der Waals surface area contributed by atoms with Crippen LogP contribution in [0.5, 0.6) is 0 Å². The van der Waals surface area contributed by atoms with Gasteiger partial charge < -0.3 is 9.64 Å². The number of fused-ring (bicyclic) bond motifs is 5. The molecule has 1 heterocycles. The van der Waals surface area contributed by atoms with Gasteiger partial charge in [0, 0.05) is 56.7 Å². The van der Waals surface area contributed by atoms with Crippen LogP contribution in [0.15, 0.2) is 29.8 Å². The topological polar surface area (TPSA) is 75.9 Å². The molecule has 4 unspecified atom stereocenters. The minimum atomic E-state index is -0.362. The monoisotopic (exact) mass is 549 g/mol. The quantitative estimate of drug-likeness (QED) is 0.254. The van der Waals surface area contributed by atoms with Crippen molar-refractivity contribution in [2.75, 3.05) is 33.2 Å². The van der Waals surface area contributed by atoms with E-state index in [2.05, 4.69) is 36.8 Å². The van der Waals surface area contributed by atoms with Crippen molar-refractivity contribution in [3.63, 3.8) is 0 Å². The summed E-state index contributed by atoms with van der Waals surface area (Å²) in [5.41, 5.74) is 2.58. The van der Waals surface area contributed by atoms with E-state index in [1.54, 1.807) is 12.1 Å². The molecule has 218 valence electrons. The smallest absolute Gasteiger partial charge is 0.303 e. The van der Waals surface area contributed by atoms with E-state index < -0.39 is 0 Å². The fourth-order valence-corrected chi connectivity index (χ4v) is 10.0. The van der Waals surface area contributed by atoms with Crippen molar-refractivity contribution in [2.24, 2.45) is 34.5 Å². The maximum atomic E-state index is 12.3. The molecule has 1 aromatic rings. The zero-order valence-corrected chi connectivity index (χ0v) is 24.8. The van der Waals surface area contributed by atoms with Crippen LogP contribution in [-0.4, -0.2) is 66.1 Å². The van der Waals surface area contributed by atoms with Gasteiger partial charge in [-0.1, -0.05) is 19.9 Å². The molecule has 1 aromatic carbocycles.